The lowest BCUT2D eigenvalue weighted by Gasteiger charge is -2.16. The molecule has 0 saturated carbocycles. The third-order valence-corrected chi connectivity index (χ3v) is 6.25. The third-order valence-electron chi connectivity index (χ3n) is 3.95. The summed E-state index contributed by atoms with van der Waals surface area (Å²) in [7, 11) is -3.79. The van der Waals surface area contributed by atoms with Gasteiger partial charge in [0.1, 0.15) is 11.9 Å². The third kappa shape index (κ3) is 4.81. The number of thiophene rings is 1. The van der Waals surface area contributed by atoms with Gasteiger partial charge in [-0.3, -0.25) is 14.5 Å². The first-order chi connectivity index (χ1) is 12.7. The second-order valence-electron chi connectivity index (χ2n) is 5.90. The van der Waals surface area contributed by atoms with Crippen molar-refractivity contribution in [3.05, 3.63) is 50.6 Å². The van der Waals surface area contributed by atoms with Gasteiger partial charge < -0.3 is 0 Å². The molecule has 142 valence electrons. The zero-order valence-electron chi connectivity index (χ0n) is 14.3. The Bertz CT molecular complexity index is 999. The van der Waals surface area contributed by atoms with E-state index in [1.807, 2.05) is 0 Å². The number of hydrogen-bond donors (Lipinski definition) is 1. The Morgan fingerprint density at radius 1 is 1.37 bits per heavy atom. The minimum absolute atomic E-state index is 0.119. The molecule has 2 aromatic heterocycles. The summed E-state index contributed by atoms with van der Waals surface area (Å²) in [5.41, 5.74) is 0.446. The first kappa shape index (κ1) is 19.7. The van der Waals surface area contributed by atoms with E-state index >= 15 is 0 Å². The predicted molar refractivity (Wildman–Crippen MR) is 105 cm³/mol. The molecule has 0 bridgehead atoms. The molecule has 3 heterocycles. The summed E-state index contributed by atoms with van der Waals surface area (Å²) in [5.74, 6) is -0.115. The molecular formula is C17H16ClN3O4S2. The molecule has 1 aliphatic rings. The van der Waals surface area contributed by atoms with E-state index in [0.717, 1.165) is 5.41 Å². The van der Waals surface area contributed by atoms with Gasteiger partial charge in [0.25, 0.3) is 0 Å². The van der Waals surface area contributed by atoms with Gasteiger partial charge in [-0.15, -0.1) is 11.3 Å². The maximum atomic E-state index is 12.5. The Labute approximate surface area is 165 Å². The second kappa shape index (κ2) is 7.89. The molecule has 7 nitrogen and oxygen atoms in total. The van der Waals surface area contributed by atoms with Gasteiger partial charge >= 0.3 is 0 Å². The molecule has 27 heavy (non-hydrogen) atoms. The SMILES string of the molecule is CC(=O)c1ccc(N2CC[C@H](NS(=O)(=O)/C=C/c3ccc(Cl)s3)C2=O)nc1. The van der Waals surface area contributed by atoms with Crippen molar-refractivity contribution in [2.45, 2.75) is 19.4 Å². The summed E-state index contributed by atoms with van der Waals surface area (Å²) >= 11 is 7.06. The van der Waals surface area contributed by atoms with Gasteiger partial charge in [0, 0.05) is 28.6 Å². The summed E-state index contributed by atoms with van der Waals surface area (Å²) in [4.78, 5) is 30.1. The Hall–Kier alpha value is -2.07. The zero-order valence-corrected chi connectivity index (χ0v) is 16.6. The molecule has 1 aliphatic heterocycles. The van der Waals surface area contributed by atoms with Crippen LogP contribution in [0.1, 0.15) is 28.6 Å². The molecule has 0 spiro atoms. The number of Topliss-reactive ketones (excluding diaryl/α,β-unsaturated/α-hetero) is 1. The molecule has 0 aromatic carbocycles. The van der Waals surface area contributed by atoms with Crippen LogP contribution < -0.4 is 9.62 Å². The predicted octanol–water partition coefficient (Wildman–Crippen LogP) is 2.69. The largest absolute Gasteiger partial charge is 0.295 e. The van der Waals surface area contributed by atoms with Gasteiger partial charge in [0.15, 0.2) is 5.78 Å². The molecule has 0 aliphatic carbocycles. The van der Waals surface area contributed by atoms with Crippen LogP contribution in [0.3, 0.4) is 0 Å². The Morgan fingerprint density at radius 3 is 2.74 bits per heavy atom. The highest BCUT2D eigenvalue weighted by atomic mass is 35.5. The standard InChI is InChI=1S/C17H16ClN3O4S2/c1-11(22)12-2-5-16(19-10-12)21-8-6-14(17(21)23)20-27(24,25)9-7-13-3-4-15(18)26-13/h2-5,7,9-10,14,20H,6,8H2,1H3/b9-7+/t14-/m0/s1. The average Bonchev–Trinajstić information content (AvgIpc) is 3.19. The van der Waals surface area contributed by atoms with Crippen LogP contribution in [0.25, 0.3) is 6.08 Å². The van der Waals surface area contributed by atoms with Gasteiger partial charge in [0.05, 0.1) is 4.34 Å². The number of pyridine rings is 1. The average molecular weight is 426 g/mol. The molecule has 1 amide bonds. The number of amides is 1. The van der Waals surface area contributed by atoms with Crippen molar-refractivity contribution in [3.8, 4) is 0 Å². The highest BCUT2D eigenvalue weighted by molar-refractivity contribution is 7.92. The van der Waals surface area contributed by atoms with Gasteiger partial charge in [-0.25, -0.2) is 13.4 Å². The lowest BCUT2D eigenvalue weighted by molar-refractivity contribution is -0.118. The molecule has 1 atom stereocenters. The fourth-order valence-electron chi connectivity index (χ4n) is 2.58. The number of hydrogen-bond acceptors (Lipinski definition) is 6. The zero-order chi connectivity index (χ0) is 19.6. The minimum Gasteiger partial charge on any atom is -0.295 e. The van der Waals surface area contributed by atoms with Crippen molar-refractivity contribution in [1.29, 1.82) is 0 Å². The van der Waals surface area contributed by atoms with Crippen LogP contribution in [0, 0.1) is 0 Å². The van der Waals surface area contributed by atoms with Crippen molar-refractivity contribution in [1.82, 2.24) is 9.71 Å². The maximum absolute atomic E-state index is 12.5. The normalized spacial score (nSPS) is 17.8. The summed E-state index contributed by atoms with van der Waals surface area (Å²) < 4.78 is 27.4. The van der Waals surface area contributed by atoms with Crippen LogP contribution in [0.2, 0.25) is 4.34 Å². The Kier molecular flexibility index (Phi) is 5.75. The molecular weight excluding hydrogens is 410 g/mol. The molecule has 2 aromatic rings. The monoisotopic (exact) mass is 425 g/mol. The number of aromatic nitrogens is 1. The smallest absolute Gasteiger partial charge is 0.246 e. The van der Waals surface area contributed by atoms with Gasteiger partial charge in [-0.05, 0) is 43.7 Å². The van der Waals surface area contributed by atoms with Crippen molar-refractivity contribution in [2.75, 3.05) is 11.4 Å². The van der Waals surface area contributed by atoms with Crippen LogP contribution in [-0.4, -0.2) is 37.7 Å². The van der Waals surface area contributed by atoms with E-state index in [1.165, 1.54) is 35.4 Å². The van der Waals surface area contributed by atoms with Crippen LogP contribution in [-0.2, 0) is 14.8 Å². The summed E-state index contributed by atoms with van der Waals surface area (Å²) in [5, 5.41) is 1.02. The van der Waals surface area contributed by atoms with Crippen molar-refractivity contribution < 1.29 is 18.0 Å². The fourth-order valence-corrected chi connectivity index (χ4v) is 4.65. The van der Waals surface area contributed by atoms with E-state index in [9.17, 15) is 18.0 Å². The number of ketones is 1. The van der Waals surface area contributed by atoms with E-state index in [1.54, 1.807) is 24.3 Å². The number of rotatable bonds is 6. The van der Waals surface area contributed by atoms with Crippen molar-refractivity contribution >= 4 is 56.5 Å². The van der Waals surface area contributed by atoms with E-state index in [2.05, 4.69) is 9.71 Å². The number of carbonyl (C=O) groups is 2. The number of nitrogens with one attached hydrogen (secondary N) is 1. The topological polar surface area (TPSA) is 96.4 Å². The molecule has 10 heteroatoms. The summed E-state index contributed by atoms with van der Waals surface area (Å²) in [6.45, 7) is 1.77. The van der Waals surface area contributed by atoms with E-state index in [-0.39, 0.29) is 11.7 Å². The van der Waals surface area contributed by atoms with E-state index < -0.39 is 16.1 Å². The highest BCUT2D eigenvalue weighted by Crippen LogP contribution is 2.23. The van der Waals surface area contributed by atoms with Gasteiger partial charge in [0.2, 0.25) is 15.9 Å². The van der Waals surface area contributed by atoms with Crippen LogP contribution in [0.15, 0.2) is 35.9 Å². The molecule has 1 saturated heterocycles. The summed E-state index contributed by atoms with van der Waals surface area (Å²) in [6, 6.07) is 5.68. The van der Waals surface area contributed by atoms with Crippen LogP contribution >= 0.6 is 22.9 Å². The highest BCUT2D eigenvalue weighted by Gasteiger charge is 2.35. The quantitative estimate of drug-likeness (QED) is 0.718. The molecule has 0 radical (unpaired) electrons. The minimum atomic E-state index is -3.79. The molecule has 3 rings (SSSR count). The van der Waals surface area contributed by atoms with Gasteiger partial charge in [-0.1, -0.05) is 11.6 Å². The molecule has 1 fully saturated rings. The molecule has 0 unspecified atom stereocenters. The van der Waals surface area contributed by atoms with Crippen LogP contribution in [0.4, 0.5) is 5.82 Å². The van der Waals surface area contributed by atoms with Crippen LogP contribution in [0.5, 0.6) is 0 Å². The Morgan fingerprint density at radius 2 is 2.15 bits per heavy atom. The number of anilines is 1. The number of halogens is 1. The Balaban J connectivity index is 1.67. The fraction of sp³-hybridized carbons (Fsp3) is 0.235. The number of nitrogens with zero attached hydrogens (tertiary/aromatic N) is 2. The van der Waals surface area contributed by atoms with Crippen molar-refractivity contribution in [3.63, 3.8) is 0 Å². The first-order valence-electron chi connectivity index (χ1n) is 7.99. The molecule has 1 N–H and O–H groups in total. The number of sulfonamides is 1. The first-order valence-corrected chi connectivity index (χ1v) is 10.7. The van der Waals surface area contributed by atoms with Gasteiger partial charge in [-0.2, -0.15) is 4.72 Å². The summed E-state index contributed by atoms with van der Waals surface area (Å²) in [6.07, 6.45) is 3.16. The maximum Gasteiger partial charge on any atom is 0.246 e. The van der Waals surface area contributed by atoms with E-state index in [0.29, 0.717) is 33.6 Å². The van der Waals surface area contributed by atoms with E-state index in [4.69, 9.17) is 11.6 Å². The lowest BCUT2D eigenvalue weighted by atomic mass is 10.2. The lowest BCUT2D eigenvalue weighted by Crippen LogP contribution is -2.40. The second-order valence-corrected chi connectivity index (χ2v) is 9.24. The number of carbonyl (C=O) groups excluding carboxylic acids is 2. The van der Waals surface area contributed by atoms with Crippen molar-refractivity contribution in [2.24, 2.45) is 0 Å².